The number of aliphatic imine (C=N–C) groups is 1. The van der Waals surface area contributed by atoms with Gasteiger partial charge >= 0.3 is 0 Å². The summed E-state index contributed by atoms with van der Waals surface area (Å²) >= 11 is 0. The molecule has 1 rings (SSSR count). The molecule has 0 fully saturated rings. The molecule has 106 valence electrons. The van der Waals surface area contributed by atoms with Gasteiger partial charge in [0.25, 0.3) is 0 Å². The number of guanidine groups is 1. The molecule has 0 unspecified atom stereocenters. The van der Waals surface area contributed by atoms with Gasteiger partial charge in [0, 0.05) is 13.1 Å². The Morgan fingerprint density at radius 1 is 1.32 bits per heavy atom. The molecule has 0 saturated heterocycles. The van der Waals surface area contributed by atoms with Gasteiger partial charge in [-0.25, -0.2) is 4.99 Å². The summed E-state index contributed by atoms with van der Waals surface area (Å²) in [6.07, 6.45) is 1.79. The van der Waals surface area contributed by atoms with Crippen molar-refractivity contribution in [3.63, 3.8) is 0 Å². The van der Waals surface area contributed by atoms with Crippen LogP contribution in [-0.4, -0.2) is 24.2 Å². The lowest BCUT2D eigenvalue weighted by Gasteiger charge is -2.10. The van der Waals surface area contributed by atoms with Crippen molar-refractivity contribution < 1.29 is 5.11 Å². The van der Waals surface area contributed by atoms with E-state index in [2.05, 4.69) is 22.2 Å². The van der Waals surface area contributed by atoms with Crippen molar-refractivity contribution >= 4 is 29.9 Å². The largest absolute Gasteiger partial charge is 0.392 e. The second-order valence-corrected chi connectivity index (χ2v) is 3.79. The minimum Gasteiger partial charge on any atom is -0.392 e. The molecule has 0 aliphatic rings. The van der Waals surface area contributed by atoms with Crippen LogP contribution < -0.4 is 10.6 Å². The van der Waals surface area contributed by atoms with Crippen molar-refractivity contribution in [3.8, 4) is 0 Å². The lowest BCUT2D eigenvalue weighted by molar-refractivity contribution is 0.280. The first-order valence-electron chi connectivity index (χ1n) is 6.12. The SMILES string of the molecule is C=CCNC(=NCc1ccccc1CO)NCC.I. The van der Waals surface area contributed by atoms with Gasteiger partial charge in [-0.05, 0) is 18.1 Å². The van der Waals surface area contributed by atoms with E-state index < -0.39 is 0 Å². The van der Waals surface area contributed by atoms with Crippen molar-refractivity contribution in [2.75, 3.05) is 13.1 Å². The minimum absolute atomic E-state index is 0. The molecule has 3 N–H and O–H groups in total. The molecule has 0 radical (unpaired) electrons. The van der Waals surface area contributed by atoms with E-state index >= 15 is 0 Å². The van der Waals surface area contributed by atoms with Crippen LogP contribution in [0.25, 0.3) is 0 Å². The van der Waals surface area contributed by atoms with E-state index in [1.807, 2.05) is 31.2 Å². The zero-order valence-corrected chi connectivity index (χ0v) is 13.6. The Morgan fingerprint density at radius 3 is 2.58 bits per heavy atom. The Balaban J connectivity index is 0.00000324. The van der Waals surface area contributed by atoms with Gasteiger partial charge in [0.2, 0.25) is 0 Å². The maximum absolute atomic E-state index is 9.24. The van der Waals surface area contributed by atoms with E-state index in [0.29, 0.717) is 13.1 Å². The molecule has 1 aromatic rings. The molecule has 0 heterocycles. The quantitative estimate of drug-likeness (QED) is 0.309. The molecule has 0 aliphatic carbocycles. The van der Waals surface area contributed by atoms with Gasteiger partial charge in [-0.15, -0.1) is 30.6 Å². The third-order valence-corrected chi connectivity index (χ3v) is 2.45. The molecule has 0 aliphatic heterocycles. The standard InChI is InChI=1S/C14H21N3O.HI/c1-3-9-16-14(15-4-2)17-10-12-7-5-6-8-13(12)11-18;/h3,5-8,18H,1,4,9-11H2,2H3,(H2,15,16,17);1H. The van der Waals surface area contributed by atoms with Crippen LogP contribution in [0.15, 0.2) is 41.9 Å². The normalized spacial score (nSPS) is 10.5. The zero-order chi connectivity index (χ0) is 13.2. The summed E-state index contributed by atoms with van der Waals surface area (Å²) in [6.45, 7) is 7.75. The number of hydrogen-bond donors (Lipinski definition) is 3. The monoisotopic (exact) mass is 375 g/mol. The fourth-order valence-electron chi connectivity index (χ4n) is 1.54. The molecule has 0 spiro atoms. The summed E-state index contributed by atoms with van der Waals surface area (Å²) in [7, 11) is 0. The summed E-state index contributed by atoms with van der Waals surface area (Å²) in [5.41, 5.74) is 1.96. The number of hydrogen-bond acceptors (Lipinski definition) is 2. The van der Waals surface area contributed by atoms with Crippen LogP contribution in [0.4, 0.5) is 0 Å². The predicted molar refractivity (Wildman–Crippen MR) is 90.8 cm³/mol. The Kier molecular flexibility index (Phi) is 10.2. The molecule has 5 heteroatoms. The van der Waals surface area contributed by atoms with Crippen molar-refractivity contribution in [1.29, 1.82) is 0 Å². The summed E-state index contributed by atoms with van der Waals surface area (Å²) in [5.74, 6) is 0.755. The number of nitrogens with zero attached hydrogens (tertiary/aromatic N) is 1. The van der Waals surface area contributed by atoms with Gasteiger partial charge in [-0.2, -0.15) is 0 Å². The number of nitrogens with one attached hydrogen (secondary N) is 2. The van der Waals surface area contributed by atoms with Gasteiger partial charge < -0.3 is 15.7 Å². The van der Waals surface area contributed by atoms with Crippen LogP contribution >= 0.6 is 24.0 Å². The highest BCUT2D eigenvalue weighted by molar-refractivity contribution is 14.0. The first-order chi connectivity index (χ1) is 8.81. The van der Waals surface area contributed by atoms with E-state index in [0.717, 1.165) is 23.6 Å². The first-order valence-corrected chi connectivity index (χ1v) is 6.12. The van der Waals surface area contributed by atoms with Crippen LogP contribution in [0.3, 0.4) is 0 Å². The second-order valence-electron chi connectivity index (χ2n) is 3.79. The van der Waals surface area contributed by atoms with E-state index in [1.165, 1.54) is 0 Å². The van der Waals surface area contributed by atoms with Crippen LogP contribution in [0.1, 0.15) is 18.1 Å². The maximum Gasteiger partial charge on any atom is 0.191 e. The molecule has 19 heavy (non-hydrogen) atoms. The van der Waals surface area contributed by atoms with Gasteiger partial charge in [-0.3, -0.25) is 0 Å². The summed E-state index contributed by atoms with van der Waals surface area (Å²) in [4.78, 5) is 4.47. The number of rotatable bonds is 6. The van der Waals surface area contributed by atoms with E-state index in [9.17, 15) is 5.11 Å². The highest BCUT2D eigenvalue weighted by atomic mass is 127. The molecule has 1 aromatic carbocycles. The van der Waals surface area contributed by atoms with Gasteiger partial charge in [0.15, 0.2) is 5.96 Å². The van der Waals surface area contributed by atoms with Crippen LogP contribution in [0.2, 0.25) is 0 Å². The molecule has 0 aromatic heterocycles. The van der Waals surface area contributed by atoms with Gasteiger partial charge in [-0.1, -0.05) is 30.3 Å². The van der Waals surface area contributed by atoms with E-state index in [4.69, 9.17) is 0 Å². The van der Waals surface area contributed by atoms with Crippen LogP contribution in [-0.2, 0) is 13.2 Å². The smallest absolute Gasteiger partial charge is 0.191 e. The third-order valence-electron chi connectivity index (χ3n) is 2.45. The maximum atomic E-state index is 9.24. The number of halogens is 1. The van der Waals surface area contributed by atoms with Crippen LogP contribution in [0, 0.1) is 0 Å². The third kappa shape index (κ3) is 6.58. The van der Waals surface area contributed by atoms with E-state index in [1.54, 1.807) is 6.08 Å². The fourth-order valence-corrected chi connectivity index (χ4v) is 1.54. The topological polar surface area (TPSA) is 56.7 Å². The van der Waals surface area contributed by atoms with E-state index in [-0.39, 0.29) is 30.6 Å². The zero-order valence-electron chi connectivity index (χ0n) is 11.2. The summed E-state index contributed by atoms with van der Waals surface area (Å²) < 4.78 is 0. The average Bonchev–Trinajstić information content (AvgIpc) is 2.42. The molecular weight excluding hydrogens is 353 g/mol. The van der Waals surface area contributed by atoms with Gasteiger partial charge in [0.05, 0.1) is 13.2 Å². The lowest BCUT2D eigenvalue weighted by atomic mass is 10.1. The summed E-state index contributed by atoms with van der Waals surface area (Å²) in [5, 5.41) is 15.5. The van der Waals surface area contributed by atoms with Gasteiger partial charge in [0.1, 0.15) is 0 Å². The highest BCUT2D eigenvalue weighted by Crippen LogP contribution is 2.09. The molecule has 0 atom stereocenters. The second kappa shape index (κ2) is 10.8. The summed E-state index contributed by atoms with van der Waals surface area (Å²) in [6, 6.07) is 7.76. The molecular formula is C14H22IN3O. The number of aliphatic hydroxyl groups is 1. The Morgan fingerprint density at radius 2 is 2.00 bits per heavy atom. The Hall–Kier alpha value is -1.08. The predicted octanol–water partition coefficient (Wildman–Crippen LogP) is 2.04. The van der Waals surface area contributed by atoms with Crippen molar-refractivity contribution in [2.45, 2.75) is 20.1 Å². The fraction of sp³-hybridized carbons (Fsp3) is 0.357. The Labute approximate surface area is 132 Å². The minimum atomic E-state index is 0. The molecule has 0 saturated carbocycles. The number of benzene rings is 1. The number of aliphatic hydroxyl groups excluding tert-OH is 1. The average molecular weight is 375 g/mol. The van der Waals surface area contributed by atoms with Crippen molar-refractivity contribution in [3.05, 3.63) is 48.0 Å². The molecule has 0 bridgehead atoms. The molecule has 4 nitrogen and oxygen atoms in total. The first kappa shape index (κ1) is 17.9. The van der Waals surface area contributed by atoms with Crippen molar-refractivity contribution in [2.24, 2.45) is 4.99 Å². The lowest BCUT2D eigenvalue weighted by Crippen LogP contribution is -2.37. The van der Waals surface area contributed by atoms with Crippen LogP contribution in [0.5, 0.6) is 0 Å². The van der Waals surface area contributed by atoms with Crippen molar-refractivity contribution in [1.82, 2.24) is 10.6 Å². The highest BCUT2D eigenvalue weighted by Gasteiger charge is 2.00. The Bertz CT molecular complexity index is 407. The molecule has 0 amide bonds.